The molecule has 2 rings (SSSR count). The third-order valence-electron chi connectivity index (χ3n) is 2.97. The van der Waals surface area contributed by atoms with Gasteiger partial charge in [-0.3, -0.25) is 0 Å². The molecule has 1 aromatic heterocycles. The molecule has 0 spiro atoms. The minimum atomic E-state index is -0.234. The number of nitrogens with zero attached hydrogens (tertiary/aromatic N) is 2. The van der Waals surface area contributed by atoms with Crippen LogP contribution in [0.25, 0.3) is 0 Å². The lowest BCUT2D eigenvalue weighted by Crippen LogP contribution is -2.18. The molecule has 0 aliphatic rings. The standard InChI is InChI=1S/C15H16ClFN2/c1-3-19(14-6-4-13(17)5-7-14)15-11(2)8-12(9-16)10-18-15/h4-8,10H,3,9H2,1-2H3. The number of aryl methyl sites for hydroxylation is 1. The first-order valence-corrected chi connectivity index (χ1v) is 6.73. The van der Waals surface area contributed by atoms with E-state index in [0.717, 1.165) is 29.2 Å². The highest BCUT2D eigenvalue weighted by atomic mass is 35.5. The lowest BCUT2D eigenvalue weighted by Gasteiger charge is -2.24. The van der Waals surface area contributed by atoms with Gasteiger partial charge in [-0.1, -0.05) is 0 Å². The van der Waals surface area contributed by atoms with Crippen LogP contribution < -0.4 is 4.90 Å². The molecule has 0 atom stereocenters. The number of anilines is 2. The quantitative estimate of drug-likeness (QED) is 0.769. The fourth-order valence-electron chi connectivity index (χ4n) is 2.06. The van der Waals surface area contributed by atoms with Gasteiger partial charge in [-0.05, 0) is 55.3 Å². The Balaban J connectivity index is 2.39. The maximum Gasteiger partial charge on any atom is 0.135 e. The van der Waals surface area contributed by atoms with E-state index in [0.29, 0.717) is 5.88 Å². The molecule has 2 nitrogen and oxygen atoms in total. The maximum absolute atomic E-state index is 13.0. The maximum atomic E-state index is 13.0. The van der Waals surface area contributed by atoms with Crippen LogP contribution in [0.5, 0.6) is 0 Å². The zero-order chi connectivity index (χ0) is 13.8. The minimum absolute atomic E-state index is 0.234. The Labute approximate surface area is 117 Å². The Morgan fingerprint density at radius 3 is 2.47 bits per heavy atom. The van der Waals surface area contributed by atoms with E-state index in [1.807, 2.05) is 24.8 Å². The lowest BCUT2D eigenvalue weighted by atomic mass is 10.2. The first kappa shape index (κ1) is 13.8. The second-order valence-electron chi connectivity index (χ2n) is 4.34. The van der Waals surface area contributed by atoms with Crippen LogP contribution in [0, 0.1) is 12.7 Å². The summed E-state index contributed by atoms with van der Waals surface area (Å²) in [5.74, 6) is 1.10. The molecule has 0 radical (unpaired) electrons. The highest BCUT2D eigenvalue weighted by Gasteiger charge is 2.11. The number of pyridine rings is 1. The topological polar surface area (TPSA) is 16.1 Å². The van der Waals surface area contributed by atoms with E-state index in [1.54, 1.807) is 18.3 Å². The number of benzene rings is 1. The minimum Gasteiger partial charge on any atom is -0.326 e. The van der Waals surface area contributed by atoms with Gasteiger partial charge in [0.25, 0.3) is 0 Å². The van der Waals surface area contributed by atoms with E-state index in [9.17, 15) is 4.39 Å². The second kappa shape index (κ2) is 6.02. The Morgan fingerprint density at radius 1 is 1.26 bits per heavy atom. The van der Waals surface area contributed by atoms with Crippen LogP contribution in [0.4, 0.5) is 15.9 Å². The SMILES string of the molecule is CCN(c1ccc(F)cc1)c1ncc(CCl)cc1C. The van der Waals surface area contributed by atoms with Crippen molar-refractivity contribution < 1.29 is 4.39 Å². The van der Waals surface area contributed by atoms with Gasteiger partial charge in [-0.25, -0.2) is 9.37 Å². The molecule has 0 unspecified atom stereocenters. The number of alkyl halides is 1. The van der Waals surface area contributed by atoms with Crippen molar-refractivity contribution >= 4 is 23.1 Å². The van der Waals surface area contributed by atoms with Crippen molar-refractivity contribution in [2.24, 2.45) is 0 Å². The molecule has 100 valence electrons. The van der Waals surface area contributed by atoms with Crippen molar-refractivity contribution in [2.45, 2.75) is 19.7 Å². The first-order valence-electron chi connectivity index (χ1n) is 6.20. The molecular formula is C15H16ClFN2. The fraction of sp³-hybridized carbons (Fsp3) is 0.267. The van der Waals surface area contributed by atoms with Crippen molar-refractivity contribution in [3.63, 3.8) is 0 Å². The van der Waals surface area contributed by atoms with Crippen LogP contribution in [0.3, 0.4) is 0 Å². The van der Waals surface area contributed by atoms with E-state index in [-0.39, 0.29) is 5.82 Å². The number of hydrogen-bond acceptors (Lipinski definition) is 2. The molecule has 4 heteroatoms. The van der Waals surface area contributed by atoms with Gasteiger partial charge in [-0.2, -0.15) is 0 Å². The van der Waals surface area contributed by atoms with Crippen molar-refractivity contribution in [1.29, 1.82) is 0 Å². The molecule has 2 aromatic rings. The third-order valence-corrected chi connectivity index (χ3v) is 3.28. The number of hydrogen-bond donors (Lipinski definition) is 0. The fourth-order valence-corrected chi connectivity index (χ4v) is 2.20. The molecule has 1 heterocycles. The Morgan fingerprint density at radius 2 is 1.95 bits per heavy atom. The van der Waals surface area contributed by atoms with Gasteiger partial charge in [0.1, 0.15) is 11.6 Å². The van der Waals surface area contributed by atoms with Crippen molar-refractivity contribution in [3.05, 3.63) is 53.5 Å². The summed E-state index contributed by atoms with van der Waals surface area (Å²) < 4.78 is 13.0. The van der Waals surface area contributed by atoms with Gasteiger partial charge in [0.15, 0.2) is 0 Å². The molecule has 0 N–H and O–H groups in total. The van der Waals surface area contributed by atoms with Gasteiger partial charge >= 0.3 is 0 Å². The van der Waals surface area contributed by atoms with Gasteiger partial charge in [-0.15, -0.1) is 11.6 Å². The molecule has 0 aliphatic heterocycles. The highest BCUT2D eigenvalue weighted by Crippen LogP contribution is 2.26. The summed E-state index contributed by atoms with van der Waals surface area (Å²) in [5, 5.41) is 0. The summed E-state index contributed by atoms with van der Waals surface area (Å²) in [5.41, 5.74) is 2.99. The zero-order valence-electron chi connectivity index (χ0n) is 11.0. The van der Waals surface area contributed by atoms with Crippen molar-refractivity contribution in [1.82, 2.24) is 4.98 Å². The summed E-state index contributed by atoms with van der Waals surface area (Å²) in [6.45, 7) is 4.81. The number of halogens is 2. The van der Waals surface area contributed by atoms with Crippen molar-refractivity contribution in [3.8, 4) is 0 Å². The monoisotopic (exact) mass is 278 g/mol. The number of aromatic nitrogens is 1. The summed E-state index contributed by atoms with van der Waals surface area (Å²) >= 11 is 5.80. The van der Waals surface area contributed by atoms with Crippen LogP contribution in [0.15, 0.2) is 36.5 Å². The van der Waals surface area contributed by atoms with Crippen LogP contribution >= 0.6 is 11.6 Å². The normalized spacial score (nSPS) is 10.5. The largest absolute Gasteiger partial charge is 0.326 e. The predicted octanol–water partition coefficient (Wildman–Crippen LogP) is 4.43. The summed E-state index contributed by atoms with van der Waals surface area (Å²) in [7, 11) is 0. The third kappa shape index (κ3) is 3.04. The molecule has 0 bridgehead atoms. The predicted molar refractivity (Wildman–Crippen MR) is 77.6 cm³/mol. The average molecular weight is 279 g/mol. The summed E-state index contributed by atoms with van der Waals surface area (Å²) in [4.78, 5) is 6.52. The molecule has 0 saturated carbocycles. The molecule has 19 heavy (non-hydrogen) atoms. The van der Waals surface area contributed by atoms with E-state index in [1.165, 1.54) is 12.1 Å². The van der Waals surface area contributed by atoms with Gasteiger partial charge in [0.2, 0.25) is 0 Å². The summed E-state index contributed by atoms with van der Waals surface area (Å²) in [6.07, 6.45) is 1.78. The molecular weight excluding hydrogens is 263 g/mol. The highest BCUT2D eigenvalue weighted by molar-refractivity contribution is 6.17. The molecule has 0 aliphatic carbocycles. The van der Waals surface area contributed by atoms with Crippen LogP contribution in [-0.2, 0) is 5.88 Å². The molecule has 0 saturated heterocycles. The Bertz CT molecular complexity index is 555. The average Bonchev–Trinajstić information content (AvgIpc) is 2.43. The smallest absolute Gasteiger partial charge is 0.135 e. The van der Waals surface area contributed by atoms with Crippen molar-refractivity contribution in [2.75, 3.05) is 11.4 Å². The van der Waals surface area contributed by atoms with Crippen LogP contribution in [-0.4, -0.2) is 11.5 Å². The van der Waals surface area contributed by atoms with Gasteiger partial charge in [0.05, 0.1) is 0 Å². The van der Waals surface area contributed by atoms with Crippen LogP contribution in [0.1, 0.15) is 18.1 Å². The summed E-state index contributed by atoms with van der Waals surface area (Å²) in [6, 6.07) is 8.47. The Kier molecular flexibility index (Phi) is 4.38. The van der Waals surface area contributed by atoms with E-state index < -0.39 is 0 Å². The first-order chi connectivity index (χ1) is 9.15. The van der Waals surface area contributed by atoms with E-state index in [2.05, 4.69) is 4.98 Å². The van der Waals surface area contributed by atoms with Crippen LogP contribution in [0.2, 0.25) is 0 Å². The molecule has 1 aromatic carbocycles. The zero-order valence-corrected chi connectivity index (χ0v) is 11.8. The van der Waals surface area contributed by atoms with E-state index in [4.69, 9.17) is 11.6 Å². The van der Waals surface area contributed by atoms with Gasteiger partial charge in [0, 0.05) is 24.3 Å². The second-order valence-corrected chi connectivity index (χ2v) is 4.61. The lowest BCUT2D eigenvalue weighted by molar-refractivity contribution is 0.628. The Hall–Kier alpha value is -1.61. The number of rotatable bonds is 4. The van der Waals surface area contributed by atoms with E-state index >= 15 is 0 Å². The van der Waals surface area contributed by atoms with Gasteiger partial charge < -0.3 is 4.90 Å². The molecule has 0 fully saturated rings. The molecule has 0 amide bonds.